The van der Waals surface area contributed by atoms with Gasteiger partial charge in [0.2, 0.25) is 0 Å². The van der Waals surface area contributed by atoms with Crippen LogP contribution in [-0.4, -0.2) is 40.7 Å². The molecular formula is C16H22N4OS. The van der Waals surface area contributed by atoms with Gasteiger partial charge in [-0.1, -0.05) is 6.07 Å². The summed E-state index contributed by atoms with van der Waals surface area (Å²) in [7, 11) is 6.13. The van der Waals surface area contributed by atoms with Gasteiger partial charge in [0, 0.05) is 29.2 Å². The van der Waals surface area contributed by atoms with Gasteiger partial charge in [-0.15, -0.1) is 11.3 Å². The number of amides is 1. The van der Waals surface area contributed by atoms with Crippen LogP contribution in [0.1, 0.15) is 33.0 Å². The number of carbonyl (C=O) groups is 1. The maximum atomic E-state index is 12.5. The third-order valence-corrected chi connectivity index (χ3v) is 5.25. The van der Waals surface area contributed by atoms with E-state index in [1.54, 1.807) is 11.3 Å². The minimum Gasteiger partial charge on any atom is -0.346 e. The minimum atomic E-state index is -0.0651. The third kappa shape index (κ3) is 2.94. The summed E-state index contributed by atoms with van der Waals surface area (Å²) >= 11 is 1.65. The Morgan fingerprint density at radius 2 is 2.36 bits per heavy atom. The molecule has 0 saturated heterocycles. The van der Waals surface area contributed by atoms with Crippen molar-refractivity contribution in [3.63, 3.8) is 0 Å². The van der Waals surface area contributed by atoms with Crippen molar-refractivity contribution < 1.29 is 4.79 Å². The molecule has 0 bridgehead atoms. The molecule has 0 spiro atoms. The minimum absolute atomic E-state index is 0.0651. The van der Waals surface area contributed by atoms with Crippen molar-refractivity contribution in [3.8, 4) is 0 Å². The van der Waals surface area contributed by atoms with Gasteiger partial charge < -0.3 is 10.2 Å². The molecule has 118 valence electrons. The smallest absolute Gasteiger partial charge is 0.272 e. The Bertz CT molecular complexity index is 660. The number of hydrogen-bond donors (Lipinski definition) is 1. The first-order valence-electron chi connectivity index (χ1n) is 7.58. The largest absolute Gasteiger partial charge is 0.346 e. The predicted octanol–water partition coefficient (Wildman–Crippen LogP) is 1.83. The van der Waals surface area contributed by atoms with E-state index < -0.39 is 0 Å². The van der Waals surface area contributed by atoms with E-state index in [9.17, 15) is 4.79 Å². The van der Waals surface area contributed by atoms with Crippen molar-refractivity contribution in [1.82, 2.24) is 20.0 Å². The Morgan fingerprint density at radius 1 is 1.55 bits per heavy atom. The fourth-order valence-corrected chi connectivity index (χ4v) is 3.70. The lowest BCUT2D eigenvalue weighted by Crippen LogP contribution is -2.34. The Morgan fingerprint density at radius 3 is 3.05 bits per heavy atom. The Labute approximate surface area is 134 Å². The van der Waals surface area contributed by atoms with Crippen molar-refractivity contribution in [2.24, 2.45) is 7.05 Å². The van der Waals surface area contributed by atoms with Crippen molar-refractivity contribution in [3.05, 3.63) is 39.3 Å². The molecule has 2 heterocycles. The number of nitrogens with zero attached hydrogens (tertiary/aromatic N) is 3. The van der Waals surface area contributed by atoms with Gasteiger partial charge in [0.1, 0.15) is 0 Å². The first-order valence-corrected chi connectivity index (χ1v) is 8.46. The molecule has 5 nitrogen and oxygen atoms in total. The highest BCUT2D eigenvalue weighted by molar-refractivity contribution is 7.09. The van der Waals surface area contributed by atoms with Crippen LogP contribution in [0.4, 0.5) is 0 Å². The second-order valence-corrected chi connectivity index (χ2v) is 7.05. The Hall–Kier alpha value is -1.66. The number of aromatic nitrogens is 2. The molecule has 1 atom stereocenters. The standard InChI is InChI=1S/C16H22N4OS/c1-19(2)11-6-7-14-13(9-11)15(18-20(14)3)16(21)17-10-12-5-4-8-22-12/h4-5,8,11H,6-7,9-10H2,1-3H3,(H,17,21). The van der Waals surface area contributed by atoms with Crippen molar-refractivity contribution in [2.75, 3.05) is 14.1 Å². The second-order valence-electron chi connectivity index (χ2n) is 6.02. The summed E-state index contributed by atoms with van der Waals surface area (Å²) in [5.41, 5.74) is 2.93. The molecule has 0 aromatic carbocycles. The lowest BCUT2D eigenvalue weighted by molar-refractivity contribution is 0.0944. The van der Waals surface area contributed by atoms with Crippen LogP contribution in [0.3, 0.4) is 0 Å². The van der Waals surface area contributed by atoms with Gasteiger partial charge in [-0.3, -0.25) is 9.48 Å². The van der Waals surface area contributed by atoms with Gasteiger partial charge in [0.05, 0.1) is 6.54 Å². The number of rotatable bonds is 4. The summed E-state index contributed by atoms with van der Waals surface area (Å²) in [6.45, 7) is 0.568. The molecule has 1 aliphatic rings. The van der Waals surface area contributed by atoms with E-state index in [-0.39, 0.29) is 5.91 Å². The summed E-state index contributed by atoms with van der Waals surface area (Å²) in [6.07, 6.45) is 3.01. The highest BCUT2D eigenvalue weighted by atomic mass is 32.1. The Balaban J connectivity index is 1.78. The van der Waals surface area contributed by atoms with Crippen molar-refractivity contribution >= 4 is 17.2 Å². The molecule has 1 unspecified atom stereocenters. The number of thiophene rings is 1. The number of carbonyl (C=O) groups excluding carboxylic acids is 1. The van der Waals surface area contributed by atoms with Gasteiger partial charge >= 0.3 is 0 Å². The summed E-state index contributed by atoms with van der Waals surface area (Å²) in [6, 6.07) is 4.51. The maximum absolute atomic E-state index is 12.5. The van der Waals surface area contributed by atoms with Crippen LogP contribution in [0, 0.1) is 0 Å². The summed E-state index contributed by atoms with van der Waals surface area (Å²) < 4.78 is 1.88. The summed E-state index contributed by atoms with van der Waals surface area (Å²) in [4.78, 5) is 15.9. The second kappa shape index (κ2) is 6.22. The predicted molar refractivity (Wildman–Crippen MR) is 88.2 cm³/mol. The number of fused-ring (bicyclic) bond motifs is 1. The van der Waals surface area contributed by atoms with Crippen molar-refractivity contribution in [2.45, 2.75) is 31.8 Å². The third-order valence-electron chi connectivity index (χ3n) is 4.38. The molecule has 22 heavy (non-hydrogen) atoms. The number of likely N-dealkylation sites (N-methyl/N-ethyl adjacent to an activating group) is 1. The first-order chi connectivity index (χ1) is 10.6. The summed E-state index contributed by atoms with van der Waals surface area (Å²) in [5, 5.41) is 9.49. The van der Waals surface area contributed by atoms with Crippen LogP contribution in [0.5, 0.6) is 0 Å². The Kier molecular flexibility index (Phi) is 4.31. The zero-order chi connectivity index (χ0) is 15.7. The first kappa shape index (κ1) is 15.2. The lowest BCUT2D eigenvalue weighted by Gasteiger charge is -2.28. The highest BCUT2D eigenvalue weighted by Crippen LogP contribution is 2.26. The molecule has 3 rings (SSSR count). The SMILES string of the molecule is CN(C)C1CCc2c(c(C(=O)NCc3cccs3)nn2C)C1. The van der Waals surface area contributed by atoms with Gasteiger partial charge in [0.25, 0.3) is 5.91 Å². The number of nitrogens with one attached hydrogen (secondary N) is 1. The molecule has 0 saturated carbocycles. The van der Waals surface area contributed by atoms with Crippen LogP contribution in [-0.2, 0) is 26.4 Å². The van der Waals surface area contributed by atoms with E-state index in [4.69, 9.17) is 0 Å². The van der Waals surface area contributed by atoms with E-state index in [1.165, 1.54) is 5.69 Å². The highest BCUT2D eigenvalue weighted by Gasteiger charge is 2.28. The van der Waals surface area contributed by atoms with Gasteiger partial charge in [-0.25, -0.2) is 0 Å². The zero-order valence-electron chi connectivity index (χ0n) is 13.3. The van der Waals surface area contributed by atoms with Crippen LogP contribution < -0.4 is 5.32 Å². The molecule has 1 amide bonds. The van der Waals surface area contributed by atoms with E-state index in [0.29, 0.717) is 18.3 Å². The van der Waals surface area contributed by atoms with Crippen LogP contribution in [0.25, 0.3) is 0 Å². The molecule has 6 heteroatoms. The normalized spacial score (nSPS) is 17.5. The van der Waals surface area contributed by atoms with Crippen LogP contribution >= 0.6 is 11.3 Å². The molecule has 0 fully saturated rings. The molecule has 0 aliphatic heterocycles. The average molecular weight is 318 g/mol. The molecule has 2 aromatic rings. The molecule has 1 aliphatic carbocycles. The average Bonchev–Trinajstić information content (AvgIpc) is 3.13. The van der Waals surface area contributed by atoms with Gasteiger partial charge in [-0.2, -0.15) is 5.10 Å². The number of hydrogen-bond acceptors (Lipinski definition) is 4. The van der Waals surface area contributed by atoms with Crippen LogP contribution in [0.2, 0.25) is 0 Å². The topological polar surface area (TPSA) is 50.2 Å². The molecular weight excluding hydrogens is 296 g/mol. The molecule has 2 aromatic heterocycles. The van der Waals surface area contributed by atoms with E-state index in [2.05, 4.69) is 29.4 Å². The van der Waals surface area contributed by atoms with E-state index >= 15 is 0 Å². The molecule has 0 radical (unpaired) electrons. The zero-order valence-corrected chi connectivity index (χ0v) is 14.1. The maximum Gasteiger partial charge on any atom is 0.272 e. The molecule has 1 N–H and O–H groups in total. The lowest BCUT2D eigenvalue weighted by atomic mass is 9.90. The monoisotopic (exact) mass is 318 g/mol. The summed E-state index contributed by atoms with van der Waals surface area (Å²) in [5.74, 6) is -0.0651. The fraction of sp³-hybridized carbons (Fsp3) is 0.500. The van der Waals surface area contributed by atoms with Gasteiger partial charge in [0.15, 0.2) is 5.69 Å². The van der Waals surface area contributed by atoms with Crippen molar-refractivity contribution in [1.29, 1.82) is 0 Å². The van der Waals surface area contributed by atoms with Crippen LogP contribution in [0.15, 0.2) is 17.5 Å². The van der Waals surface area contributed by atoms with E-state index in [0.717, 1.165) is 29.7 Å². The quantitative estimate of drug-likeness (QED) is 0.936. The number of aryl methyl sites for hydroxylation is 1. The van der Waals surface area contributed by atoms with Gasteiger partial charge in [-0.05, 0) is 44.8 Å². The fourth-order valence-electron chi connectivity index (χ4n) is 3.06. The van der Waals surface area contributed by atoms with E-state index in [1.807, 2.05) is 29.2 Å².